The van der Waals surface area contributed by atoms with Crippen molar-refractivity contribution in [3.8, 4) is 5.88 Å². The molecule has 11 nitrogen and oxygen atoms in total. The van der Waals surface area contributed by atoms with Gasteiger partial charge in [0.25, 0.3) is 9.84 Å². The van der Waals surface area contributed by atoms with Gasteiger partial charge in [-0.1, -0.05) is 18.2 Å². The zero-order chi connectivity index (χ0) is 19.2. The fourth-order valence-electron chi connectivity index (χ4n) is 1.89. The van der Waals surface area contributed by atoms with E-state index >= 15 is 0 Å². The lowest BCUT2D eigenvalue weighted by Gasteiger charge is -2.05. The Morgan fingerprint density at radius 3 is 2.62 bits per heavy atom. The fraction of sp³-hybridized carbons (Fsp3) is 0.286. The molecule has 2 aromatic rings. The molecule has 0 aliphatic rings. The van der Waals surface area contributed by atoms with Crippen LogP contribution in [-0.2, 0) is 19.4 Å². The highest BCUT2D eigenvalue weighted by molar-refractivity contribution is 7.91. The van der Waals surface area contributed by atoms with Crippen LogP contribution >= 0.6 is 0 Å². The predicted octanol–water partition coefficient (Wildman–Crippen LogP) is -0.499. The lowest BCUT2D eigenvalue weighted by atomic mass is 10.3. The number of hydrogen-bond acceptors (Lipinski definition) is 8. The van der Waals surface area contributed by atoms with Crippen molar-refractivity contribution in [3.05, 3.63) is 35.5 Å². The SMILES string of the molecule is O=C(O)CCC(=O)NCCOc1no[n+]([O-])c1S(=O)(=O)c1ccccc1. The molecule has 26 heavy (non-hydrogen) atoms. The molecular formula is C14H15N3O8S. The minimum absolute atomic E-state index is 0.0466. The van der Waals surface area contributed by atoms with Gasteiger partial charge in [-0.25, -0.2) is 8.42 Å². The number of carboxylic acids is 1. The summed E-state index contributed by atoms with van der Waals surface area (Å²) in [6.07, 6.45) is -0.515. The molecule has 1 amide bonds. The van der Waals surface area contributed by atoms with Crippen molar-refractivity contribution in [1.29, 1.82) is 0 Å². The van der Waals surface area contributed by atoms with Gasteiger partial charge >= 0.3 is 16.9 Å². The summed E-state index contributed by atoms with van der Waals surface area (Å²) in [6.45, 7) is -0.252. The summed E-state index contributed by atoms with van der Waals surface area (Å²) >= 11 is 0. The van der Waals surface area contributed by atoms with Gasteiger partial charge in [-0.15, -0.1) is 0 Å². The maximum atomic E-state index is 12.5. The Balaban J connectivity index is 2.00. The second-order valence-electron chi connectivity index (χ2n) is 4.95. The number of aliphatic carboxylic acids is 1. The Morgan fingerprint density at radius 1 is 1.27 bits per heavy atom. The number of ether oxygens (including phenoxy) is 1. The zero-order valence-corrected chi connectivity index (χ0v) is 14.1. The molecule has 0 saturated heterocycles. The molecule has 1 aromatic heterocycles. The van der Waals surface area contributed by atoms with E-state index in [4.69, 9.17) is 9.84 Å². The summed E-state index contributed by atoms with van der Waals surface area (Å²) in [4.78, 5) is 21.3. The Labute approximate surface area is 147 Å². The van der Waals surface area contributed by atoms with E-state index in [2.05, 4.69) is 15.1 Å². The third kappa shape index (κ3) is 4.69. The first-order valence-corrected chi connectivity index (χ1v) is 8.82. The van der Waals surface area contributed by atoms with Crippen LogP contribution in [0.3, 0.4) is 0 Å². The average molecular weight is 385 g/mol. The third-order valence-electron chi connectivity index (χ3n) is 3.08. The summed E-state index contributed by atoms with van der Waals surface area (Å²) < 4.78 is 34.4. The molecule has 1 heterocycles. The van der Waals surface area contributed by atoms with Crippen molar-refractivity contribution in [2.24, 2.45) is 0 Å². The molecule has 140 valence electrons. The van der Waals surface area contributed by atoms with E-state index in [1.165, 1.54) is 24.3 Å². The molecule has 0 unspecified atom stereocenters. The average Bonchev–Trinajstić information content (AvgIpc) is 2.99. The number of aromatic nitrogens is 2. The number of rotatable bonds is 9. The predicted molar refractivity (Wildman–Crippen MR) is 82.7 cm³/mol. The maximum Gasteiger partial charge on any atom is 0.415 e. The van der Waals surface area contributed by atoms with Crippen molar-refractivity contribution >= 4 is 21.7 Å². The Morgan fingerprint density at radius 2 is 1.96 bits per heavy atom. The number of carboxylic acid groups (broad SMARTS) is 1. The first-order chi connectivity index (χ1) is 12.3. The Bertz CT molecular complexity index is 879. The standard InChI is InChI=1S/C14H15N3O8S/c18-11(6-7-12(19)20)15-8-9-24-13-14(17(21)25-16-13)26(22,23)10-4-2-1-3-5-10/h1-5H,6-9H2,(H,15,18)(H,19,20). The fourth-order valence-corrected chi connectivity index (χ4v) is 3.18. The second kappa shape index (κ2) is 8.29. The lowest BCUT2D eigenvalue weighted by molar-refractivity contribution is -0.832. The van der Waals surface area contributed by atoms with Crippen LogP contribution in [0.2, 0.25) is 0 Å². The Kier molecular flexibility index (Phi) is 6.11. The van der Waals surface area contributed by atoms with Crippen LogP contribution in [0.1, 0.15) is 12.8 Å². The smallest absolute Gasteiger partial charge is 0.415 e. The number of nitrogens with one attached hydrogen (secondary N) is 1. The van der Waals surface area contributed by atoms with Gasteiger partial charge in [0.2, 0.25) is 5.91 Å². The number of amides is 1. The molecule has 0 atom stereocenters. The number of benzene rings is 1. The Hall–Kier alpha value is -3.15. The third-order valence-corrected chi connectivity index (χ3v) is 4.81. The van der Waals surface area contributed by atoms with Gasteiger partial charge < -0.3 is 20.4 Å². The maximum absolute atomic E-state index is 12.5. The van der Waals surface area contributed by atoms with Crippen molar-refractivity contribution in [3.63, 3.8) is 0 Å². The molecular weight excluding hydrogens is 370 g/mol. The quantitative estimate of drug-likeness (QED) is 0.428. The van der Waals surface area contributed by atoms with E-state index < -0.39 is 32.6 Å². The largest absolute Gasteiger partial charge is 0.481 e. The minimum Gasteiger partial charge on any atom is -0.481 e. The number of nitrogens with zero attached hydrogens (tertiary/aromatic N) is 2. The first-order valence-electron chi connectivity index (χ1n) is 7.33. The van der Waals surface area contributed by atoms with Gasteiger partial charge in [-0.3, -0.25) is 14.2 Å². The molecule has 12 heteroatoms. The number of carbonyl (C=O) groups is 2. The van der Waals surface area contributed by atoms with E-state index in [1.807, 2.05) is 0 Å². The summed E-state index contributed by atoms with van der Waals surface area (Å²) in [5.41, 5.74) is 0. The molecule has 0 spiro atoms. The summed E-state index contributed by atoms with van der Waals surface area (Å²) in [7, 11) is -4.21. The van der Waals surface area contributed by atoms with Crippen LogP contribution in [0.15, 0.2) is 44.9 Å². The van der Waals surface area contributed by atoms with Gasteiger partial charge in [0, 0.05) is 6.42 Å². The van der Waals surface area contributed by atoms with Crippen molar-refractivity contribution in [1.82, 2.24) is 10.5 Å². The van der Waals surface area contributed by atoms with Gasteiger partial charge in [-0.05, 0) is 17.0 Å². The first kappa shape index (κ1) is 19.2. The molecule has 2 N–H and O–H groups in total. The highest BCUT2D eigenvalue weighted by atomic mass is 32.2. The van der Waals surface area contributed by atoms with Crippen molar-refractivity contribution < 1.29 is 37.4 Å². The summed E-state index contributed by atoms with van der Waals surface area (Å²) in [5.74, 6) is -2.15. The van der Waals surface area contributed by atoms with E-state index in [0.717, 1.165) is 0 Å². The zero-order valence-electron chi connectivity index (χ0n) is 13.3. The van der Waals surface area contributed by atoms with Crippen LogP contribution in [0.25, 0.3) is 0 Å². The topological polar surface area (TPSA) is 163 Å². The molecule has 0 fully saturated rings. The van der Waals surface area contributed by atoms with Crippen molar-refractivity contribution in [2.75, 3.05) is 13.2 Å². The minimum atomic E-state index is -4.21. The van der Waals surface area contributed by atoms with E-state index in [9.17, 15) is 23.2 Å². The van der Waals surface area contributed by atoms with Crippen molar-refractivity contribution in [2.45, 2.75) is 22.8 Å². The van der Waals surface area contributed by atoms with E-state index in [-0.39, 0.29) is 35.8 Å². The highest BCUT2D eigenvalue weighted by Crippen LogP contribution is 2.24. The molecule has 0 saturated carbocycles. The van der Waals surface area contributed by atoms with Gasteiger partial charge in [0.15, 0.2) is 0 Å². The van der Waals surface area contributed by atoms with Gasteiger partial charge in [-0.2, -0.15) is 0 Å². The summed E-state index contributed by atoms with van der Waals surface area (Å²) in [5, 5.41) is 25.0. The van der Waals surface area contributed by atoms with E-state index in [1.54, 1.807) is 6.07 Å². The highest BCUT2D eigenvalue weighted by Gasteiger charge is 2.35. The summed E-state index contributed by atoms with van der Waals surface area (Å²) in [6, 6.07) is 7.19. The molecule has 1 aromatic carbocycles. The van der Waals surface area contributed by atoms with Crippen LogP contribution in [0.4, 0.5) is 0 Å². The van der Waals surface area contributed by atoms with Gasteiger partial charge in [0.05, 0.1) is 23.0 Å². The van der Waals surface area contributed by atoms with Crippen LogP contribution in [0, 0.1) is 5.21 Å². The molecule has 0 aliphatic heterocycles. The van der Waals surface area contributed by atoms with Crippen LogP contribution < -0.4 is 15.0 Å². The van der Waals surface area contributed by atoms with Crippen LogP contribution in [-0.4, -0.2) is 43.7 Å². The molecule has 2 rings (SSSR count). The molecule has 0 radical (unpaired) electrons. The number of hydrogen-bond donors (Lipinski definition) is 2. The monoisotopic (exact) mass is 385 g/mol. The van der Waals surface area contributed by atoms with Crippen LogP contribution in [0.5, 0.6) is 5.88 Å². The molecule has 0 aliphatic carbocycles. The second-order valence-corrected chi connectivity index (χ2v) is 6.81. The molecule has 0 bridgehead atoms. The number of carbonyl (C=O) groups excluding carboxylic acids is 1. The number of sulfone groups is 1. The normalized spacial score (nSPS) is 11.1. The van der Waals surface area contributed by atoms with E-state index in [0.29, 0.717) is 0 Å². The van der Waals surface area contributed by atoms with Gasteiger partial charge in [0.1, 0.15) is 6.61 Å². The lowest BCUT2D eigenvalue weighted by Crippen LogP contribution is -2.31.